The molecule has 0 spiro atoms. The lowest BCUT2D eigenvalue weighted by Crippen LogP contribution is -1.92. The summed E-state index contributed by atoms with van der Waals surface area (Å²) in [5.41, 5.74) is 0. The number of hydrogen-bond acceptors (Lipinski definition) is 1. The molecule has 0 aromatic rings. The fourth-order valence-electron chi connectivity index (χ4n) is 1.09. The summed E-state index contributed by atoms with van der Waals surface area (Å²) in [6.07, 6.45) is 13.7. The van der Waals surface area contributed by atoms with Gasteiger partial charge in [-0.25, -0.2) is 0 Å². The molecule has 0 amide bonds. The molecule has 0 aromatic heterocycles. The minimum Gasteiger partial charge on any atom is -0.481 e. The molecule has 14 heavy (non-hydrogen) atoms. The van der Waals surface area contributed by atoms with Gasteiger partial charge in [-0.3, -0.25) is 4.79 Å². The minimum atomic E-state index is -0.695. The Bertz CT molecular complexity index is 192. The molecule has 0 aliphatic rings. The van der Waals surface area contributed by atoms with Gasteiger partial charge in [0.2, 0.25) is 0 Å². The van der Waals surface area contributed by atoms with Crippen LogP contribution in [0.2, 0.25) is 0 Å². The Morgan fingerprint density at radius 1 is 1.14 bits per heavy atom. The third-order valence-corrected chi connectivity index (χ3v) is 1.85. The zero-order chi connectivity index (χ0) is 10.6. The van der Waals surface area contributed by atoms with E-state index in [1.165, 1.54) is 0 Å². The lowest BCUT2D eigenvalue weighted by atomic mass is 10.2. The van der Waals surface area contributed by atoms with Crippen LogP contribution in [0.3, 0.4) is 0 Å². The van der Waals surface area contributed by atoms with Crippen LogP contribution in [0.25, 0.3) is 0 Å². The molecule has 0 saturated heterocycles. The van der Waals surface area contributed by atoms with Crippen LogP contribution in [0.4, 0.5) is 0 Å². The van der Waals surface area contributed by atoms with Crippen molar-refractivity contribution >= 4 is 5.97 Å². The molecule has 0 heterocycles. The number of carboxylic acids is 1. The molecular weight excluding hydrogens is 176 g/mol. The molecule has 0 aromatic carbocycles. The van der Waals surface area contributed by atoms with Crippen molar-refractivity contribution in [3.05, 3.63) is 24.3 Å². The third-order valence-electron chi connectivity index (χ3n) is 1.85. The van der Waals surface area contributed by atoms with Crippen molar-refractivity contribution in [3.63, 3.8) is 0 Å². The van der Waals surface area contributed by atoms with Gasteiger partial charge in [0.25, 0.3) is 0 Å². The first-order valence-corrected chi connectivity index (χ1v) is 5.29. The second kappa shape index (κ2) is 10.0. The molecule has 0 bridgehead atoms. The number of unbranched alkanes of at least 4 members (excludes halogenated alkanes) is 2. The van der Waals surface area contributed by atoms with Gasteiger partial charge in [-0.2, -0.15) is 0 Å². The maximum Gasteiger partial charge on any atom is 0.303 e. The van der Waals surface area contributed by atoms with Crippen molar-refractivity contribution in [1.29, 1.82) is 0 Å². The van der Waals surface area contributed by atoms with Crippen LogP contribution in [-0.2, 0) is 4.79 Å². The van der Waals surface area contributed by atoms with Crippen LogP contribution in [0.5, 0.6) is 0 Å². The van der Waals surface area contributed by atoms with Gasteiger partial charge in [0.15, 0.2) is 0 Å². The van der Waals surface area contributed by atoms with E-state index in [1.54, 1.807) is 0 Å². The second-order valence-corrected chi connectivity index (χ2v) is 3.23. The summed E-state index contributed by atoms with van der Waals surface area (Å²) in [6, 6.07) is 0. The van der Waals surface area contributed by atoms with Crippen molar-refractivity contribution in [2.24, 2.45) is 0 Å². The molecule has 1 N–H and O–H groups in total. The summed E-state index contributed by atoms with van der Waals surface area (Å²) in [5, 5.41) is 8.39. The van der Waals surface area contributed by atoms with Gasteiger partial charge in [-0.05, 0) is 32.1 Å². The highest BCUT2D eigenvalue weighted by Crippen LogP contribution is 2.01. The Kier molecular flexibility index (Phi) is 9.28. The normalized spacial score (nSPS) is 11.5. The predicted octanol–water partition coefficient (Wildman–Crippen LogP) is 3.54. The zero-order valence-corrected chi connectivity index (χ0v) is 8.91. The molecule has 80 valence electrons. The van der Waals surface area contributed by atoms with Crippen LogP contribution in [-0.4, -0.2) is 11.1 Å². The van der Waals surface area contributed by atoms with E-state index in [0.717, 1.165) is 32.1 Å². The van der Waals surface area contributed by atoms with E-state index < -0.39 is 5.97 Å². The van der Waals surface area contributed by atoms with Gasteiger partial charge in [0.1, 0.15) is 0 Å². The fourth-order valence-corrected chi connectivity index (χ4v) is 1.09. The number of carboxylic acid groups (broad SMARTS) is 1. The molecule has 0 aliphatic carbocycles. The largest absolute Gasteiger partial charge is 0.481 e. The maximum atomic E-state index is 10.2. The first-order valence-electron chi connectivity index (χ1n) is 5.29. The van der Waals surface area contributed by atoms with E-state index in [9.17, 15) is 4.79 Å². The van der Waals surface area contributed by atoms with Gasteiger partial charge in [-0.1, -0.05) is 31.2 Å². The van der Waals surface area contributed by atoms with Crippen LogP contribution in [0, 0.1) is 0 Å². The Balaban J connectivity index is 3.18. The van der Waals surface area contributed by atoms with Gasteiger partial charge in [0, 0.05) is 6.42 Å². The maximum absolute atomic E-state index is 10.2. The quantitative estimate of drug-likeness (QED) is 0.476. The summed E-state index contributed by atoms with van der Waals surface area (Å²) in [4.78, 5) is 10.2. The van der Waals surface area contributed by atoms with Crippen molar-refractivity contribution < 1.29 is 9.90 Å². The van der Waals surface area contributed by atoms with Crippen molar-refractivity contribution in [1.82, 2.24) is 0 Å². The average molecular weight is 196 g/mol. The molecule has 0 saturated carbocycles. The Hall–Kier alpha value is -1.05. The van der Waals surface area contributed by atoms with Crippen LogP contribution in [0.15, 0.2) is 24.3 Å². The summed E-state index contributed by atoms with van der Waals surface area (Å²) in [6.45, 7) is 2.12. The molecule has 0 aliphatic heterocycles. The fraction of sp³-hybridized carbons (Fsp3) is 0.583. The monoisotopic (exact) mass is 196 g/mol. The van der Waals surface area contributed by atoms with E-state index in [-0.39, 0.29) is 0 Å². The number of allylic oxidation sites excluding steroid dienone is 4. The molecule has 0 atom stereocenters. The van der Waals surface area contributed by atoms with E-state index in [2.05, 4.69) is 31.2 Å². The van der Waals surface area contributed by atoms with Gasteiger partial charge in [-0.15, -0.1) is 0 Å². The standard InChI is InChI=1S/C12H20O2/c1-2-3-4-5-6-7-8-9-10-11-12(13)14/h3-4,6-7H,2,5,8-11H2,1H3,(H,13,14)/b4-3-,7-6-. The lowest BCUT2D eigenvalue weighted by molar-refractivity contribution is -0.137. The smallest absolute Gasteiger partial charge is 0.303 e. The van der Waals surface area contributed by atoms with E-state index >= 15 is 0 Å². The van der Waals surface area contributed by atoms with Crippen molar-refractivity contribution in [2.75, 3.05) is 0 Å². The highest BCUT2D eigenvalue weighted by atomic mass is 16.4. The Labute approximate surface area is 86.3 Å². The number of hydrogen-bond donors (Lipinski definition) is 1. The molecule has 0 unspecified atom stereocenters. The zero-order valence-electron chi connectivity index (χ0n) is 8.91. The topological polar surface area (TPSA) is 37.3 Å². The number of rotatable bonds is 8. The summed E-state index contributed by atoms with van der Waals surface area (Å²) in [5.74, 6) is -0.695. The summed E-state index contributed by atoms with van der Waals surface area (Å²) < 4.78 is 0. The third kappa shape index (κ3) is 11.0. The molecule has 0 rings (SSSR count). The summed E-state index contributed by atoms with van der Waals surface area (Å²) >= 11 is 0. The van der Waals surface area contributed by atoms with Crippen LogP contribution in [0.1, 0.15) is 45.4 Å². The van der Waals surface area contributed by atoms with Crippen molar-refractivity contribution in [3.8, 4) is 0 Å². The van der Waals surface area contributed by atoms with Crippen LogP contribution < -0.4 is 0 Å². The average Bonchev–Trinajstić information content (AvgIpc) is 2.15. The van der Waals surface area contributed by atoms with Gasteiger partial charge >= 0.3 is 5.97 Å². The first-order chi connectivity index (χ1) is 6.77. The van der Waals surface area contributed by atoms with Crippen molar-refractivity contribution in [2.45, 2.75) is 45.4 Å². The highest BCUT2D eigenvalue weighted by Gasteiger charge is 1.93. The molecule has 2 heteroatoms. The SMILES string of the molecule is CC/C=C\C/C=C\CCCCC(=O)O. The second-order valence-electron chi connectivity index (χ2n) is 3.23. The minimum absolute atomic E-state index is 0.295. The molecule has 0 fully saturated rings. The Morgan fingerprint density at radius 3 is 2.50 bits per heavy atom. The highest BCUT2D eigenvalue weighted by molar-refractivity contribution is 5.66. The van der Waals surface area contributed by atoms with Gasteiger partial charge in [0.05, 0.1) is 0 Å². The predicted molar refractivity (Wildman–Crippen MR) is 59.3 cm³/mol. The first kappa shape index (κ1) is 12.9. The molecule has 0 radical (unpaired) electrons. The number of aliphatic carboxylic acids is 1. The molecular formula is C12H20O2. The lowest BCUT2D eigenvalue weighted by Gasteiger charge is -1.92. The molecule has 2 nitrogen and oxygen atoms in total. The van der Waals surface area contributed by atoms with Gasteiger partial charge < -0.3 is 5.11 Å². The Morgan fingerprint density at radius 2 is 1.86 bits per heavy atom. The summed E-state index contributed by atoms with van der Waals surface area (Å²) in [7, 11) is 0. The van der Waals surface area contributed by atoms with E-state index in [1.807, 2.05) is 0 Å². The van der Waals surface area contributed by atoms with Crippen LogP contribution >= 0.6 is 0 Å². The number of carbonyl (C=O) groups is 1. The van der Waals surface area contributed by atoms with E-state index in [0.29, 0.717) is 6.42 Å². The van der Waals surface area contributed by atoms with E-state index in [4.69, 9.17) is 5.11 Å².